The lowest BCUT2D eigenvalue weighted by Crippen LogP contribution is -2.12. The molecule has 1 aliphatic carbocycles. The van der Waals surface area contributed by atoms with Crippen molar-refractivity contribution in [2.45, 2.75) is 77.2 Å². The van der Waals surface area contributed by atoms with Gasteiger partial charge in [0.05, 0.1) is 11.0 Å². The fourth-order valence-electron chi connectivity index (χ4n) is 3.70. The third kappa shape index (κ3) is 3.30. The molecule has 114 valence electrons. The van der Waals surface area contributed by atoms with E-state index in [4.69, 9.17) is 4.98 Å². The van der Waals surface area contributed by atoms with Gasteiger partial charge in [0.25, 0.3) is 0 Å². The Labute approximate surface area is 128 Å². The molecule has 1 aromatic heterocycles. The number of benzene rings is 1. The summed E-state index contributed by atoms with van der Waals surface area (Å²) in [7, 11) is 0. The first kappa shape index (κ1) is 14.6. The second kappa shape index (κ2) is 7.11. The van der Waals surface area contributed by atoms with E-state index >= 15 is 0 Å². The summed E-state index contributed by atoms with van der Waals surface area (Å²) in [5.41, 5.74) is 2.53. The van der Waals surface area contributed by atoms with Crippen LogP contribution in [-0.2, 0) is 6.54 Å². The van der Waals surface area contributed by atoms with Crippen molar-refractivity contribution in [2.75, 3.05) is 0 Å². The van der Waals surface area contributed by atoms with Gasteiger partial charge in [-0.2, -0.15) is 0 Å². The summed E-state index contributed by atoms with van der Waals surface area (Å²) in [5.74, 6) is 2.06. The van der Waals surface area contributed by atoms with Crippen LogP contribution in [0.3, 0.4) is 0 Å². The number of unbranched alkanes of at least 4 members (excludes halogenated alkanes) is 3. The summed E-state index contributed by atoms with van der Waals surface area (Å²) in [4.78, 5) is 5.00. The summed E-state index contributed by atoms with van der Waals surface area (Å²) < 4.78 is 2.53. The third-order valence-electron chi connectivity index (χ3n) is 4.89. The molecule has 0 saturated heterocycles. The van der Waals surface area contributed by atoms with Gasteiger partial charge in [-0.05, 0) is 31.4 Å². The van der Waals surface area contributed by atoms with Gasteiger partial charge in [0.2, 0.25) is 0 Å². The number of aromatic nitrogens is 2. The van der Waals surface area contributed by atoms with Gasteiger partial charge in [-0.15, -0.1) is 0 Å². The predicted octanol–water partition coefficient (Wildman–Crippen LogP) is 5.66. The fourth-order valence-corrected chi connectivity index (χ4v) is 3.70. The van der Waals surface area contributed by atoms with Crippen LogP contribution in [-0.4, -0.2) is 9.55 Å². The van der Waals surface area contributed by atoms with Crippen molar-refractivity contribution in [2.24, 2.45) is 0 Å². The molecule has 2 aromatic rings. The highest BCUT2D eigenvalue weighted by Crippen LogP contribution is 2.34. The molecule has 1 heterocycles. The molecule has 2 nitrogen and oxygen atoms in total. The standard InChI is InChI=1S/C19H28N2/c1-2-3-4-10-15-21-18-14-9-8-13-17(18)20-19(21)16-11-6-5-7-12-16/h8-9,13-14,16H,2-7,10-12,15H2,1H3. The van der Waals surface area contributed by atoms with Gasteiger partial charge in [0.15, 0.2) is 0 Å². The lowest BCUT2D eigenvalue weighted by molar-refractivity contribution is 0.414. The van der Waals surface area contributed by atoms with Gasteiger partial charge in [-0.25, -0.2) is 4.98 Å². The van der Waals surface area contributed by atoms with Crippen molar-refractivity contribution >= 4 is 11.0 Å². The van der Waals surface area contributed by atoms with Crippen LogP contribution in [0, 0.1) is 0 Å². The molecule has 0 aliphatic heterocycles. The Morgan fingerprint density at radius 3 is 2.67 bits per heavy atom. The molecule has 0 spiro atoms. The highest BCUT2D eigenvalue weighted by molar-refractivity contribution is 5.76. The maximum absolute atomic E-state index is 5.00. The molecule has 1 aliphatic rings. The zero-order valence-electron chi connectivity index (χ0n) is 13.4. The molecule has 1 aromatic carbocycles. The minimum absolute atomic E-state index is 0.692. The monoisotopic (exact) mass is 284 g/mol. The van der Waals surface area contributed by atoms with E-state index < -0.39 is 0 Å². The maximum Gasteiger partial charge on any atom is 0.112 e. The van der Waals surface area contributed by atoms with Crippen molar-refractivity contribution in [1.29, 1.82) is 0 Å². The number of rotatable bonds is 6. The summed E-state index contributed by atoms with van der Waals surface area (Å²) in [6.45, 7) is 3.42. The van der Waals surface area contributed by atoms with Crippen LogP contribution >= 0.6 is 0 Å². The average Bonchev–Trinajstić information content (AvgIpc) is 2.91. The van der Waals surface area contributed by atoms with Gasteiger partial charge in [-0.1, -0.05) is 57.6 Å². The van der Waals surface area contributed by atoms with Crippen molar-refractivity contribution in [3.8, 4) is 0 Å². The second-order valence-corrected chi connectivity index (χ2v) is 6.51. The van der Waals surface area contributed by atoms with Gasteiger partial charge in [0.1, 0.15) is 5.82 Å². The first-order chi connectivity index (χ1) is 10.4. The Bertz CT molecular complexity index is 564. The topological polar surface area (TPSA) is 17.8 Å². The van der Waals surface area contributed by atoms with E-state index in [0.717, 1.165) is 6.54 Å². The zero-order valence-corrected chi connectivity index (χ0v) is 13.4. The van der Waals surface area contributed by atoms with Crippen LogP contribution < -0.4 is 0 Å². The average molecular weight is 284 g/mol. The maximum atomic E-state index is 5.00. The predicted molar refractivity (Wildman–Crippen MR) is 89.7 cm³/mol. The van der Waals surface area contributed by atoms with Crippen LogP contribution in [0.15, 0.2) is 24.3 Å². The quantitative estimate of drug-likeness (QED) is 0.625. The van der Waals surface area contributed by atoms with E-state index in [9.17, 15) is 0 Å². The van der Waals surface area contributed by atoms with E-state index in [2.05, 4.69) is 35.8 Å². The molecule has 3 rings (SSSR count). The molecule has 1 saturated carbocycles. The smallest absolute Gasteiger partial charge is 0.112 e. The Balaban J connectivity index is 1.86. The first-order valence-electron chi connectivity index (χ1n) is 8.85. The summed E-state index contributed by atoms with van der Waals surface area (Å²) in [6, 6.07) is 8.68. The van der Waals surface area contributed by atoms with E-state index in [-0.39, 0.29) is 0 Å². The van der Waals surface area contributed by atoms with Crippen molar-refractivity contribution in [3.63, 3.8) is 0 Å². The SMILES string of the molecule is CCCCCCn1c(C2CCCCC2)nc2ccccc21. The van der Waals surface area contributed by atoms with Crippen LogP contribution in [0.1, 0.15) is 76.5 Å². The summed E-state index contributed by atoms with van der Waals surface area (Å²) in [6.07, 6.45) is 12.1. The van der Waals surface area contributed by atoms with Crippen molar-refractivity contribution in [3.05, 3.63) is 30.1 Å². The second-order valence-electron chi connectivity index (χ2n) is 6.51. The van der Waals surface area contributed by atoms with E-state index in [0.29, 0.717) is 5.92 Å². The number of nitrogens with zero attached hydrogens (tertiary/aromatic N) is 2. The van der Waals surface area contributed by atoms with Gasteiger partial charge >= 0.3 is 0 Å². The molecule has 0 amide bonds. The Morgan fingerprint density at radius 1 is 1.05 bits per heavy atom. The third-order valence-corrected chi connectivity index (χ3v) is 4.89. The molecule has 1 fully saturated rings. The Hall–Kier alpha value is -1.31. The molecule has 0 unspecified atom stereocenters. The summed E-state index contributed by atoms with van der Waals surface area (Å²) >= 11 is 0. The highest BCUT2D eigenvalue weighted by Gasteiger charge is 2.22. The fraction of sp³-hybridized carbons (Fsp3) is 0.632. The number of hydrogen-bond acceptors (Lipinski definition) is 1. The minimum atomic E-state index is 0.692. The van der Waals surface area contributed by atoms with Crippen molar-refractivity contribution < 1.29 is 0 Å². The molecule has 0 bridgehead atoms. The molecule has 2 heteroatoms. The van der Waals surface area contributed by atoms with Crippen LogP contribution in [0.4, 0.5) is 0 Å². The lowest BCUT2D eigenvalue weighted by atomic mass is 9.88. The van der Waals surface area contributed by atoms with Crippen molar-refractivity contribution in [1.82, 2.24) is 9.55 Å². The molecular weight excluding hydrogens is 256 g/mol. The van der Waals surface area contributed by atoms with E-state index in [1.165, 1.54) is 74.6 Å². The molecule has 0 atom stereocenters. The normalized spacial score (nSPS) is 16.6. The lowest BCUT2D eigenvalue weighted by Gasteiger charge is -2.22. The number of imidazole rings is 1. The highest BCUT2D eigenvalue weighted by atomic mass is 15.1. The van der Waals surface area contributed by atoms with Gasteiger partial charge in [0, 0.05) is 12.5 Å². The van der Waals surface area contributed by atoms with Crippen LogP contribution in [0.2, 0.25) is 0 Å². The Kier molecular flexibility index (Phi) is 4.95. The van der Waals surface area contributed by atoms with Gasteiger partial charge in [-0.3, -0.25) is 0 Å². The largest absolute Gasteiger partial charge is 0.328 e. The number of para-hydroxylation sites is 2. The number of hydrogen-bond donors (Lipinski definition) is 0. The minimum Gasteiger partial charge on any atom is -0.328 e. The van der Waals surface area contributed by atoms with E-state index in [1.807, 2.05) is 0 Å². The first-order valence-corrected chi connectivity index (χ1v) is 8.85. The molecule has 0 N–H and O–H groups in total. The van der Waals surface area contributed by atoms with E-state index in [1.54, 1.807) is 0 Å². The summed E-state index contributed by atoms with van der Waals surface area (Å²) in [5, 5.41) is 0. The molecule has 21 heavy (non-hydrogen) atoms. The molecule has 0 radical (unpaired) electrons. The number of fused-ring (bicyclic) bond motifs is 1. The van der Waals surface area contributed by atoms with Gasteiger partial charge < -0.3 is 4.57 Å². The molecular formula is C19H28N2. The Morgan fingerprint density at radius 2 is 1.86 bits per heavy atom. The van der Waals surface area contributed by atoms with Crippen LogP contribution in [0.5, 0.6) is 0 Å². The zero-order chi connectivity index (χ0) is 14.5. The van der Waals surface area contributed by atoms with Crippen LogP contribution in [0.25, 0.3) is 11.0 Å². The number of aryl methyl sites for hydroxylation is 1.